The summed E-state index contributed by atoms with van der Waals surface area (Å²) in [6.45, 7) is 5.96. The highest BCUT2D eigenvalue weighted by molar-refractivity contribution is 5.98. The number of rotatable bonds is 15. The molecule has 0 radical (unpaired) electrons. The quantitative estimate of drug-likeness (QED) is 0.151. The molecule has 5 atom stereocenters. The summed E-state index contributed by atoms with van der Waals surface area (Å²) in [7, 11) is 0. The SMILES string of the molecule is CC(C)[C@H](NC(=O)OCCOCCNC(=O)OCC1[C@H]2CC/C=C\CC[C@@H]12)C(=O)N[C@@H](C)C(=O)Nc1ccc(CO)cc1. The maximum absolute atomic E-state index is 12.8. The van der Waals surface area contributed by atoms with E-state index in [0.29, 0.717) is 35.6 Å². The molecule has 1 saturated carbocycles. The van der Waals surface area contributed by atoms with Crippen LogP contribution in [0.5, 0.6) is 0 Å². The average molecular weight is 603 g/mol. The van der Waals surface area contributed by atoms with Crippen molar-refractivity contribution in [1.82, 2.24) is 16.0 Å². The molecule has 1 unspecified atom stereocenters. The van der Waals surface area contributed by atoms with Crippen LogP contribution in [0.1, 0.15) is 52.0 Å². The van der Waals surface area contributed by atoms with Crippen molar-refractivity contribution in [2.24, 2.45) is 23.7 Å². The second-order valence-electron chi connectivity index (χ2n) is 11.3. The normalized spacial score (nSPS) is 21.2. The highest BCUT2D eigenvalue weighted by Crippen LogP contribution is 2.52. The third-order valence-corrected chi connectivity index (χ3v) is 7.77. The number of hydrogen-bond acceptors (Lipinski definition) is 8. The predicted octanol–water partition coefficient (Wildman–Crippen LogP) is 3.11. The molecule has 12 nitrogen and oxygen atoms in total. The number of benzene rings is 1. The van der Waals surface area contributed by atoms with Crippen LogP contribution < -0.4 is 21.3 Å². The number of anilines is 1. The molecule has 3 rings (SSSR count). The highest BCUT2D eigenvalue weighted by atomic mass is 16.6. The number of nitrogens with one attached hydrogen (secondary N) is 4. The smallest absolute Gasteiger partial charge is 0.407 e. The number of alkyl carbamates (subject to hydrolysis) is 2. The van der Waals surface area contributed by atoms with Crippen molar-refractivity contribution < 1.29 is 38.5 Å². The Morgan fingerprint density at radius 2 is 1.53 bits per heavy atom. The van der Waals surface area contributed by atoms with E-state index < -0.39 is 36.1 Å². The van der Waals surface area contributed by atoms with Gasteiger partial charge < -0.3 is 40.6 Å². The van der Waals surface area contributed by atoms with Crippen LogP contribution >= 0.6 is 0 Å². The zero-order chi connectivity index (χ0) is 31.2. The lowest BCUT2D eigenvalue weighted by molar-refractivity contribution is -0.128. The third kappa shape index (κ3) is 11.5. The molecule has 0 aliphatic heterocycles. The van der Waals surface area contributed by atoms with Gasteiger partial charge in [0.25, 0.3) is 0 Å². The summed E-state index contributed by atoms with van der Waals surface area (Å²) in [6.07, 6.45) is 7.77. The number of carbonyl (C=O) groups is 4. The van der Waals surface area contributed by atoms with E-state index >= 15 is 0 Å². The van der Waals surface area contributed by atoms with Gasteiger partial charge in [0.15, 0.2) is 0 Å². The number of allylic oxidation sites excluding steroid dienone is 2. The van der Waals surface area contributed by atoms with Crippen LogP contribution in [0.3, 0.4) is 0 Å². The summed E-state index contributed by atoms with van der Waals surface area (Å²) in [6, 6.07) is 4.88. The van der Waals surface area contributed by atoms with E-state index in [9.17, 15) is 19.2 Å². The molecule has 0 bridgehead atoms. The first kappa shape index (κ1) is 33.9. The highest BCUT2D eigenvalue weighted by Gasteiger charge is 2.49. The van der Waals surface area contributed by atoms with Crippen LogP contribution in [0.4, 0.5) is 15.3 Å². The topological polar surface area (TPSA) is 164 Å². The van der Waals surface area contributed by atoms with Crippen LogP contribution in [-0.2, 0) is 30.4 Å². The summed E-state index contributed by atoms with van der Waals surface area (Å²) in [4.78, 5) is 49.5. The van der Waals surface area contributed by atoms with E-state index in [1.807, 2.05) is 0 Å². The van der Waals surface area contributed by atoms with Gasteiger partial charge in [-0.15, -0.1) is 0 Å². The lowest BCUT2D eigenvalue weighted by atomic mass is 10.0. The Labute approximate surface area is 253 Å². The number of fused-ring (bicyclic) bond motifs is 1. The van der Waals surface area contributed by atoms with Crippen molar-refractivity contribution in [3.05, 3.63) is 42.0 Å². The Morgan fingerprint density at radius 3 is 2.16 bits per heavy atom. The van der Waals surface area contributed by atoms with Crippen LogP contribution in [0.25, 0.3) is 0 Å². The monoisotopic (exact) mass is 602 g/mol. The first-order valence-corrected chi connectivity index (χ1v) is 15.1. The van der Waals surface area contributed by atoms with E-state index in [0.717, 1.165) is 25.7 Å². The maximum atomic E-state index is 12.8. The number of aliphatic hydroxyl groups is 1. The van der Waals surface area contributed by atoms with Crippen LogP contribution in [-0.4, -0.2) is 74.2 Å². The minimum Gasteiger partial charge on any atom is -0.449 e. The molecule has 0 saturated heterocycles. The molecule has 1 aromatic carbocycles. The van der Waals surface area contributed by atoms with Gasteiger partial charge in [0.05, 0.1) is 26.4 Å². The van der Waals surface area contributed by atoms with Crippen molar-refractivity contribution in [3.8, 4) is 0 Å². The molecule has 2 aliphatic carbocycles. The zero-order valence-corrected chi connectivity index (χ0v) is 25.3. The molecule has 0 aromatic heterocycles. The summed E-state index contributed by atoms with van der Waals surface area (Å²) >= 11 is 0. The van der Waals surface area contributed by atoms with Gasteiger partial charge in [-0.25, -0.2) is 9.59 Å². The summed E-state index contributed by atoms with van der Waals surface area (Å²) in [5.74, 6) is 0.576. The van der Waals surface area contributed by atoms with Gasteiger partial charge >= 0.3 is 12.2 Å². The number of carbonyl (C=O) groups excluding carboxylic acids is 4. The first-order valence-electron chi connectivity index (χ1n) is 15.1. The molecular weight excluding hydrogens is 556 g/mol. The lowest BCUT2D eigenvalue weighted by Gasteiger charge is -2.23. The standard InChI is InChI=1S/C31H46N4O8/c1-20(2)27(29(38)33-21(3)28(37)34-23-12-10-22(18-36)11-13-23)35-31(40)42-17-16-41-15-14-32-30(39)43-19-26-24-8-6-4-5-7-9-25(24)26/h4-5,10-13,20-21,24-27,36H,6-9,14-19H2,1-3H3,(H,32,39)(H,33,38)(H,34,37)(H,35,40)/b5-4-/t21-,24-,25+,26?,27-/m0/s1. The van der Waals surface area contributed by atoms with E-state index in [2.05, 4.69) is 33.4 Å². The largest absolute Gasteiger partial charge is 0.449 e. The molecule has 43 heavy (non-hydrogen) atoms. The van der Waals surface area contributed by atoms with Crippen molar-refractivity contribution >= 4 is 29.7 Å². The Hall–Kier alpha value is -3.64. The Kier molecular flexibility index (Phi) is 13.8. The third-order valence-electron chi connectivity index (χ3n) is 7.77. The summed E-state index contributed by atoms with van der Waals surface area (Å²) in [5.41, 5.74) is 1.24. The van der Waals surface area contributed by atoms with Crippen molar-refractivity contribution in [2.75, 3.05) is 38.3 Å². The van der Waals surface area contributed by atoms with Crippen LogP contribution in [0.2, 0.25) is 0 Å². The molecule has 0 heterocycles. The molecule has 5 N–H and O–H groups in total. The maximum Gasteiger partial charge on any atom is 0.407 e. The zero-order valence-electron chi connectivity index (χ0n) is 25.3. The van der Waals surface area contributed by atoms with Gasteiger partial charge in [-0.3, -0.25) is 9.59 Å². The molecule has 0 spiro atoms. The van der Waals surface area contributed by atoms with Gasteiger partial charge in [0, 0.05) is 12.2 Å². The van der Waals surface area contributed by atoms with E-state index in [-0.39, 0.29) is 38.9 Å². The van der Waals surface area contributed by atoms with E-state index in [1.165, 1.54) is 6.92 Å². The molecule has 238 valence electrons. The van der Waals surface area contributed by atoms with Crippen molar-refractivity contribution in [1.29, 1.82) is 0 Å². The average Bonchev–Trinajstić information content (AvgIpc) is 3.62. The van der Waals surface area contributed by atoms with Gasteiger partial charge in [-0.05, 0) is 74.0 Å². The molecule has 4 amide bonds. The second-order valence-corrected chi connectivity index (χ2v) is 11.3. The van der Waals surface area contributed by atoms with Gasteiger partial charge in [-0.2, -0.15) is 0 Å². The van der Waals surface area contributed by atoms with Crippen molar-refractivity contribution in [2.45, 2.75) is 65.1 Å². The number of ether oxygens (including phenoxy) is 3. The van der Waals surface area contributed by atoms with E-state index in [4.69, 9.17) is 19.3 Å². The minimum atomic E-state index is -0.923. The Morgan fingerprint density at radius 1 is 0.860 bits per heavy atom. The molecule has 1 aromatic rings. The minimum absolute atomic E-state index is 0.0457. The second kappa shape index (κ2) is 17.5. The fourth-order valence-electron chi connectivity index (χ4n) is 5.20. The molecule has 12 heteroatoms. The van der Waals surface area contributed by atoms with Crippen LogP contribution in [0.15, 0.2) is 36.4 Å². The molecular formula is C31H46N4O8. The van der Waals surface area contributed by atoms with Crippen molar-refractivity contribution in [3.63, 3.8) is 0 Å². The number of aliphatic hydroxyl groups excluding tert-OH is 1. The van der Waals surface area contributed by atoms with Gasteiger partial charge in [0.2, 0.25) is 11.8 Å². The number of hydrogen-bond donors (Lipinski definition) is 5. The fraction of sp³-hybridized carbons (Fsp3) is 0.613. The molecule has 1 fully saturated rings. The van der Waals surface area contributed by atoms with Gasteiger partial charge in [-0.1, -0.05) is 38.1 Å². The Bertz CT molecular complexity index is 1080. The Balaban J connectivity index is 1.24. The first-order chi connectivity index (χ1) is 20.7. The number of amides is 4. The lowest BCUT2D eigenvalue weighted by Crippen LogP contribution is -2.53. The fourth-order valence-corrected chi connectivity index (χ4v) is 5.20. The molecule has 2 aliphatic rings. The van der Waals surface area contributed by atoms with Crippen LogP contribution in [0, 0.1) is 23.7 Å². The summed E-state index contributed by atoms with van der Waals surface area (Å²) < 4.78 is 15.9. The van der Waals surface area contributed by atoms with E-state index in [1.54, 1.807) is 38.1 Å². The summed E-state index contributed by atoms with van der Waals surface area (Å²) in [5, 5.41) is 19.6. The predicted molar refractivity (Wildman–Crippen MR) is 160 cm³/mol. The van der Waals surface area contributed by atoms with Gasteiger partial charge in [0.1, 0.15) is 18.7 Å².